The lowest BCUT2D eigenvalue weighted by Crippen LogP contribution is -2.63. The molecule has 4 nitrogen and oxygen atoms in total. The predicted molar refractivity (Wildman–Crippen MR) is 82.6 cm³/mol. The molecule has 2 rings (SSSR count). The van der Waals surface area contributed by atoms with Crippen LogP contribution in [0.1, 0.15) is 38.3 Å². The van der Waals surface area contributed by atoms with Gasteiger partial charge in [-0.15, -0.1) is 0 Å². The molecule has 2 amide bonds. The minimum atomic E-state index is -0.417. The van der Waals surface area contributed by atoms with Gasteiger partial charge in [0, 0.05) is 6.54 Å². The highest BCUT2D eigenvalue weighted by Gasteiger charge is 2.39. The Balaban J connectivity index is 2.20. The summed E-state index contributed by atoms with van der Waals surface area (Å²) in [6.07, 6.45) is 0.865. The molecule has 1 fully saturated rings. The number of hydrogen-bond donors (Lipinski definition) is 1. The van der Waals surface area contributed by atoms with Crippen LogP contribution in [-0.2, 0) is 16.1 Å². The van der Waals surface area contributed by atoms with Gasteiger partial charge in [0.05, 0.1) is 0 Å². The minimum Gasteiger partial charge on any atom is -0.342 e. The normalized spacial score (nSPS) is 23.9. The summed E-state index contributed by atoms with van der Waals surface area (Å²) in [6, 6.07) is 7.27. The first-order chi connectivity index (χ1) is 9.93. The quantitative estimate of drug-likeness (QED) is 0.924. The third-order valence-corrected chi connectivity index (χ3v) is 4.38. The number of carbonyl (C=O) groups is 2. The Morgan fingerprint density at radius 2 is 1.86 bits per heavy atom. The Labute approximate surface area is 126 Å². The van der Waals surface area contributed by atoms with Gasteiger partial charge in [-0.1, -0.05) is 50.1 Å². The average Bonchev–Trinajstić information content (AvgIpc) is 2.48. The number of aryl methyl sites for hydroxylation is 1. The zero-order valence-corrected chi connectivity index (χ0v) is 13.2. The molecule has 3 unspecified atom stereocenters. The first-order valence-electron chi connectivity index (χ1n) is 7.60. The lowest BCUT2D eigenvalue weighted by atomic mass is 9.94. The summed E-state index contributed by atoms with van der Waals surface area (Å²) in [5.74, 6) is 0.110. The van der Waals surface area contributed by atoms with E-state index in [2.05, 4.69) is 5.32 Å². The van der Waals surface area contributed by atoms with E-state index < -0.39 is 12.1 Å². The van der Waals surface area contributed by atoms with E-state index >= 15 is 0 Å². The van der Waals surface area contributed by atoms with Crippen LogP contribution in [0.15, 0.2) is 24.3 Å². The van der Waals surface area contributed by atoms with E-state index in [4.69, 9.17) is 0 Å². The van der Waals surface area contributed by atoms with Crippen molar-refractivity contribution in [2.24, 2.45) is 5.92 Å². The van der Waals surface area contributed by atoms with Gasteiger partial charge in [-0.05, 0) is 25.3 Å². The van der Waals surface area contributed by atoms with Crippen molar-refractivity contribution >= 4 is 11.8 Å². The Morgan fingerprint density at radius 3 is 2.43 bits per heavy atom. The molecular formula is C17H24N2O2. The van der Waals surface area contributed by atoms with Crippen LogP contribution in [0.3, 0.4) is 0 Å². The third-order valence-electron chi connectivity index (χ3n) is 4.38. The largest absolute Gasteiger partial charge is 0.342 e. The first-order valence-corrected chi connectivity index (χ1v) is 7.60. The summed E-state index contributed by atoms with van der Waals surface area (Å²) in [5, 5.41) is 2.86. The molecule has 114 valence electrons. The van der Waals surface area contributed by atoms with Gasteiger partial charge < -0.3 is 10.2 Å². The van der Waals surface area contributed by atoms with Gasteiger partial charge in [-0.3, -0.25) is 9.59 Å². The highest BCUT2D eigenvalue weighted by molar-refractivity contribution is 5.96. The van der Waals surface area contributed by atoms with Crippen LogP contribution < -0.4 is 5.32 Å². The summed E-state index contributed by atoms with van der Waals surface area (Å²) in [4.78, 5) is 26.5. The maximum atomic E-state index is 12.7. The van der Waals surface area contributed by atoms with Crippen molar-refractivity contribution in [1.29, 1.82) is 0 Å². The number of amides is 2. The Morgan fingerprint density at radius 1 is 1.24 bits per heavy atom. The summed E-state index contributed by atoms with van der Waals surface area (Å²) < 4.78 is 0. The van der Waals surface area contributed by atoms with Crippen LogP contribution in [0.25, 0.3) is 0 Å². The smallest absolute Gasteiger partial charge is 0.246 e. The maximum Gasteiger partial charge on any atom is 0.246 e. The van der Waals surface area contributed by atoms with E-state index in [9.17, 15) is 9.59 Å². The van der Waals surface area contributed by atoms with Crippen LogP contribution >= 0.6 is 0 Å². The number of rotatable bonds is 4. The molecule has 0 radical (unpaired) electrons. The molecule has 1 aromatic rings. The number of carbonyl (C=O) groups excluding carboxylic acids is 2. The fourth-order valence-corrected chi connectivity index (χ4v) is 2.57. The number of nitrogens with one attached hydrogen (secondary N) is 1. The average molecular weight is 288 g/mol. The number of nitrogens with zero attached hydrogens (tertiary/aromatic N) is 1. The second-order valence-corrected chi connectivity index (χ2v) is 6.00. The molecule has 0 spiro atoms. The van der Waals surface area contributed by atoms with E-state index in [1.54, 1.807) is 11.8 Å². The molecule has 4 heteroatoms. The van der Waals surface area contributed by atoms with Gasteiger partial charge in [0.15, 0.2) is 0 Å². The minimum absolute atomic E-state index is 0.0250. The van der Waals surface area contributed by atoms with Gasteiger partial charge in [0.25, 0.3) is 0 Å². The predicted octanol–water partition coefficient (Wildman–Crippen LogP) is 2.26. The van der Waals surface area contributed by atoms with E-state index in [1.165, 1.54) is 5.56 Å². The van der Waals surface area contributed by atoms with Gasteiger partial charge >= 0.3 is 0 Å². The van der Waals surface area contributed by atoms with Crippen LogP contribution in [0, 0.1) is 12.8 Å². The van der Waals surface area contributed by atoms with Gasteiger partial charge in [0.2, 0.25) is 11.8 Å². The van der Waals surface area contributed by atoms with Crippen molar-refractivity contribution < 1.29 is 9.59 Å². The molecular weight excluding hydrogens is 264 g/mol. The summed E-state index contributed by atoms with van der Waals surface area (Å²) in [5.41, 5.74) is 2.24. The molecule has 0 bridgehead atoms. The number of hydrogen-bond acceptors (Lipinski definition) is 2. The molecule has 1 aliphatic rings. The van der Waals surface area contributed by atoms with Crippen LogP contribution in [0.2, 0.25) is 0 Å². The standard InChI is InChI=1S/C17H24N2O2/c1-5-12(3)15-17(21)19(13(4)16(20)18-15)10-14-8-6-11(2)7-9-14/h6-9,12-13,15H,5,10H2,1-4H3,(H,18,20). The summed E-state index contributed by atoms with van der Waals surface area (Å²) >= 11 is 0. The molecule has 1 aromatic carbocycles. The highest BCUT2D eigenvalue weighted by Crippen LogP contribution is 2.20. The second kappa shape index (κ2) is 6.29. The molecule has 0 aromatic heterocycles. The van der Waals surface area contributed by atoms with E-state index in [-0.39, 0.29) is 17.7 Å². The molecule has 0 aliphatic carbocycles. The van der Waals surface area contributed by atoms with Crippen LogP contribution in [-0.4, -0.2) is 28.8 Å². The Kier molecular flexibility index (Phi) is 4.66. The lowest BCUT2D eigenvalue weighted by Gasteiger charge is -2.39. The SMILES string of the molecule is CCC(C)C1NC(=O)C(C)N(Cc2ccc(C)cc2)C1=O. The van der Waals surface area contributed by atoms with Gasteiger partial charge in [-0.2, -0.15) is 0 Å². The van der Waals surface area contributed by atoms with Crippen molar-refractivity contribution in [2.75, 3.05) is 0 Å². The van der Waals surface area contributed by atoms with Crippen molar-refractivity contribution in [3.63, 3.8) is 0 Å². The maximum absolute atomic E-state index is 12.7. The lowest BCUT2D eigenvalue weighted by molar-refractivity contribution is -0.150. The Hall–Kier alpha value is -1.84. The molecule has 1 N–H and O–H groups in total. The molecule has 21 heavy (non-hydrogen) atoms. The van der Waals surface area contributed by atoms with E-state index in [0.717, 1.165) is 12.0 Å². The monoisotopic (exact) mass is 288 g/mol. The second-order valence-electron chi connectivity index (χ2n) is 6.00. The van der Waals surface area contributed by atoms with Crippen molar-refractivity contribution in [1.82, 2.24) is 10.2 Å². The molecule has 0 saturated carbocycles. The molecule has 1 aliphatic heterocycles. The first kappa shape index (κ1) is 15.5. The number of piperazine rings is 1. The fraction of sp³-hybridized carbons (Fsp3) is 0.529. The zero-order chi connectivity index (χ0) is 15.6. The summed E-state index contributed by atoms with van der Waals surface area (Å²) in [6.45, 7) is 8.34. The summed E-state index contributed by atoms with van der Waals surface area (Å²) in [7, 11) is 0. The molecule has 1 heterocycles. The van der Waals surface area contributed by atoms with E-state index in [1.807, 2.05) is 45.0 Å². The number of benzene rings is 1. The zero-order valence-electron chi connectivity index (χ0n) is 13.2. The topological polar surface area (TPSA) is 49.4 Å². The molecule has 1 saturated heterocycles. The van der Waals surface area contributed by atoms with Crippen LogP contribution in [0.5, 0.6) is 0 Å². The molecule has 3 atom stereocenters. The van der Waals surface area contributed by atoms with E-state index in [0.29, 0.717) is 6.54 Å². The van der Waals surface area contributed by atoms with Crippen molar-refractivity contribution in [2.45, 2.75) is 52.7 Å². The fourth-order valence-electron chi connectivity index (χ4n) is 2.57. The van der Waals surface area contributed by atoms with Gasteiger partial charge in [-0.25, -0.2) is 0 Å². The Bertz CT molecular complexity index is 524. The van der Waals surface area contributed by atoms with Crippen molar-refractivity contribution in [3.05, 3.63) is 35.4 Å². The highest BCUT2D eigenvalue weighted by atomic mass is 16.2. The third kappa shape index (κ3) is 3.26. The van der Waals surface area contributed by atoms with Crippen molar-refractivity contribution in [3.8, 4) is 0 Å². The van der Waals surface area contributed by atoms with Gasteiger partial charge in [0.1, 0.15) is 12.1 Å². The van der Waals surface area contributed by atoms with Crippen LogP contribution in [0.4, 0.5) is 0 Å².